The van der Waals surface area contributed by atoms with Crippen molar-refractivity contribution in [2.45, 2.75) is 32.2 Å². The van der Waals surface area contributed by atoms with Gasteiger partial charge in [0.1, 0.15) is 0 Å². The van der Waals surface area contributed by atoms with Crippen LogP contribution in [0, 0.1) is 0 Å². The Labute approximate surface area is 112 Å². The standard InChI is InChI=1S/C14H20O5/c1-2-19-14(17)13(16)12(15)8-9-18-10-11-6-4-3-5-7-11/h3-7,12-13,15-16H,2,8-10H2,1H3/t12-,13+/m0/s1. The molecule has 0 aromatic heterocycles. The van der Waals surface area contributed by atoms with Crippen LogP contribution in [0.15, 0.2) is 30.3 Å². The molecular weight excluding hydrogens is 248 g/mol. The SMILES string of the molecule is CCOC(=O)[C@H](O)[C@@H](O)CCOCc1ccccc1. The average molecular weight is 268 g/mol. The topological polar surface area (TPSA) is 76.0 Å². The quantitative estimate of drug-likeness (QED) is 0.540. The first-order valence-electron chi connectivity index (χ1n) is 6.29. The number of benzene rings is 1. The molecule has 0 saturated heterocycles. The van der Waals surface area contributed by atoms with Crippen molar-refractivity contribution in [3.8, 4) is 0 Å². The van der Waals surface area contributed by atoms with E-state index in [-0.39, 0.29) is 19.6 Å². The largest absolute Gasteiger partial charge is 0.464 e. The van der Waals surface area contributed by atoms with Crippen LogP contribution in [0.4, 0.5) is 0 Å². The lowest BCUT2D eigenvalue weighted by Crippen LogP contribution is -2.36. The molecule has 1 rings (SSSR count). The Kier molecular flexibility index (Phi) is 7.10. The Morgan fingerprint density at radius 2 is 1.95 bits per heavy atom. The minimum atomic E-state index is -1.51. The molecule has 0 aliphatic rings. The molecule has 1 aromatic rings. The van der Waals surface area contributed by atoms with Crippen LogP contribution in [0.1, 0.15) is 18.9 Å². The first-order chi connectivity index (χ1) is 9.15. The molecule has 0 saturated carbocycles. The van der Waals surface area contributed by atoms with Gasteiger partial charge in [-0.1, -0.05) is 30.3 Å². The summed E-state index contributed by atoms with van der Waals surface area (Å²) in [6.45, 7) is 2.50. The van der Waals surface area contributed by atoms with Crippen molar-refractivity contribution in [2.24, 2.45) is 0 Å². The molecule has 2 atom stereocenters. The van der Waals surface area contributed by atoms with Crippen LogP contribution in [0.5, 0.6) is 0 Å². The molecule has 0 bridgehead atoms. The summed E-state index contributed by atoms with van der Waals surface area (Å²) in [5, 5.41) is 19.0. The fourth-order valence-electron chi connectivity index (χ4n) is 1.51. The van der Waals surface area contributed by atoms with Gasteiger partial charge in [-0.05, 0) is 18.9 Å². The number of hydrogen-bond acceptors (Lipinski definition) is 5. The lowest BCUT2D eigenvalue weighted by Gasteiger charge is -2.16. The predicted molar refractivity (Wildman–Crippen MR) is 69.4 cm³/mol. The van der Waals surface area contributed by atoms with Gasteiger partial charge in [0.25, 0.3) is 0 Å². The summed E-state index contributed by atoms with van der Waals surface area (Å²) in [6, 6.07) is 9.62. The van der Waals surface area contributed by atoms with Crippen molar-refractivity contribution >= 4 is 5.97 Å². The second-order valence-corrected chi connectivity index (χ2v) is 4.09. The lowest BCUT2D eigenvalue weighted by atomic mass is 10.1. The second kappa shape index (κ2) is 8.63. The van der Waals surface area contributed by atoms with Crippen LogP contribution in [0.25, 0.3) is 0 Å². The molecular formula is C14H20O5. The molecule has 1 aromatic carbocycles. The van der Waals surface area contributed by atoms with Gasteiger partial charge in [-0.15, -0.1) is 0 Å². The van der Waals surface area contributed by atoms with Gasteiger partial charge in [0, 0.05) is 6.61 Å². The molecule has 5 nitrogen and oxygen atoms in total. The highest BCUT2D eigenvalue weighted by Gasteiger charge is 2.24. The molecule has 19 heavy (non-hydrogen) atoms. The molecule has 106 valence electrons. The summed E-state index contributed by atoms with van der Waals surface area (Å²) in [5.74, 6) is -0.807. The highest BCUT2D eigenvalue weighted by atomic mass is 16.5. The van der Waals surface area contributed by atoms with Gasteiger partial charge in [0.15, 0.2) is 6.10 Å². The fraction of sp³-hybridized carbons (Fsp3) is 0.500. The number of carbonyl (C=O) groups is 1. The van der Waals surface area contributed by atoms with E-state index in [1.54, 1.807) is 6.92 Å². The maximum absolute atomic E-state index is 11.2. The number of hydrogen-bond donors (Lipinski definition) is 2. The van der Waals surface area contributed by atoms with Crippen molar-refractivity contribution in [1.29, 1.82) is 0 Å². The third kappa shape index (κ3) is 5.83. The molecule has 0 amide bonds. The van der Waals surface area contributed by atoms with Gasteiger partial charge >= 0.3 is 5.97 Å². The maximum Gasteiger partial charge on any atom is 0.337 e. The average Bonchev–Trinajstić information content (AvgIpc) is 2.44. The van der Waals surface area contributed by atoms with E-state index in [1.807, 2.05) is 30.3 Å². The van der Waals surface area contributed by atoms with Crippen LogP contribution >= 0.6 is 0 Å². The first kappa shape index (κ1) is 15.6. The van der Waals surface area contributed by atoms with E-state index >= 15 is 0 Å². The highest BCUT2D eigenvalue weighted by Crippen LogP contribution is 2.05. The van der Waals surface area contributed by atoms with Crippen LogP contribution in [-0.4, -0.2) is 41.6 Å². The zero-order chi connectivity index (χ0) is 14.1. The van der Waals surface area contributed by atoms with E-state index < -0.39 is 18.2 Å². The highest BCUT2D eigenvalue weighted by molar-refractivity contribution is 5.75. The molecule has 0 unspecified atom stereocenters. The number of carbonyl (C=O) groups excluding carboxylic acids is 1. The van der Waals surface area contributed by atoms with Crippen molar-refractivity contribution in [1.82, 2.24) is 0 Å². The second-order valence-electron chi connectivity index (χ2n) is 4.09. The zero-order valence-electron chi connectivity index (χ0n) is 11.0. The lowest BCUT2D eigenvalue weighted by molar-refractivity contribution is -0.159. The van der Waals surface area contributed by atoms with Crippen LogP contribution in [0.2, 0.25) is 0 Å². The Balaban J connectivity index is 2.20. The normalized spacial score (nSPS) is 13.8. The Bertz CT molecular complexity index is 365. The summed E-state index contributed by atoms with van der Waals surface area (Å²) < 4.78 is 9.97. The summed E-state index contributed by atoms with van der Waals surface area (Å²) in [5.41, 5.74) is 1.03. The minimum absolute atomic E-state index is 0.173. The van der Waals surface area contributed by atoms with E-state index in [0.29, 0.717) is 6.61 Å². The van der Waals surface area contributed by atoms with Gasteiger partial charge in [0.2, 0.25) is 0 Å². The van der Waals surface area contributed by atoms with Crippen molar-refractivity contribution in [2.75, 3.05) is 13.2 Å². The zero-order valence-corrected chi connectivity index (χ0v) is 11.0. The molecule has 0 spiro atoms. The van der Waals surface area contributed by atoms with Crippen molar-refractivity contribution < 1.29 is 24.5 Å². The summed E-state index contributed by atoms with van der Waals surface area (Å²) >= 11 is 0. The predicted octanol–water partition coefficient (Wildman–Crippen LogP) is 0.878. The molecule has 2 N–H and O–H groups in total. The molecule has 0 aliphatic heterocycles. The number of rotatable bonds is 8. The van der Waals surface area contributed by atoms with Gasteiger partial charge in [-0.25, -0.2) is 4.79 Å². The minimum Gasteiger partial charge on any atom is -0.464 e. The van der Waals surface area contributed by atoms with Crippen LogP contribution < -0.4 is 0 Å². The van der Waals surface area contributed by atoms with E-state index in [2.05, 4.69) is 4.74 Å². The monoisotopic (exact) mass is 268 g/mol. The van der Waals surface area contributed by atoms with Crippen LogP contribution in [-0.2, 0) is 20.9 Å². The molecule has 0 fully saturated rings. The van der Waals surface area contributed by atoms with Crippen molar-refractivity contribution in [3.05, 3.63) is 35.9 Å². The summed E-state index contributed by atoms with van der Waals surface area (Å²) in [6.07, 6.45) is -2.51. The van der Waals surface area contributed by atoms with E-state index in [9.17, 15) is 15.0 Å². The maximum atomic E-state index is 11.2. The first-order valence-corrected chi connectivity index (χ1v) is 6.29. The number of ether oxygens (including phenoxy) is 2. The van der Waals surface area contributed by atoms with E-state index in [0.717, 1.165) is 5.56 Å². The Morgan fingerprint density at radius 3 is 2.58 bits per heavy atom. The number of aliphatic hydroxyl groups is 2. The van der Waals surface area contributed by atoms with Crippen molar-refractivity contribution in [3.63, 3.8) is 0 Å². The molecule has 0 radical (unpaired) electrons. The Morgan fingerprint density at radius 1 is 1.26 bits per heavy atom. The molecule has 5 heteroatoms. The number of esters is 1. The van der Waals surface area contributed by atoms with E-state index in [1.165, 1.54) is 0 Å². The Hall–Kier alpha value is -1.43. The summed E-state index contributed by atoms with van der Waals surface area (Å²) in [4.78, 5) is 11.2. The summed E-state index contributed by atoms with van der Waals surface area (Å²) in [7, 11) is 0. The van der Waals surface area contributed by atoms with Gasteiger partial charge in [-0.2, -0.15) is 0 Å². The third-order valence-corrected chi connectivity index (χ3v) is 2.56. The third-order valence-electron chi connectivity index (χ3n) is 2.56. The van der Waals surface area contributed by atoms with Gasteiger partial charge in [-0.3, -0.25) is 0 Å². The van der Waals surface area contributed by atoms with Crippen LogP contribution in [0.3, 0.4) is 0 Å². The molecule has 0 aliphatic carbocycles. The van der Waals surface area contributed by atoms with Gasteiger partial charge in [0.05, 0.1) is 19.3 Å². The fourth-order valence-corrected chi connectivity index (χ4v) is 1.51. The van der Waals surface area contributed by atoms with E-state index in [4.69, 9.17) is 4.74 Å². The smallest absolute Gasteiger partial charge is 0.337 e. The number of aliphatic hydroxyl groups excluding tert-OH is 2. The molecule has 0 heterocycles. The van der Waals surface area contributed by atoms with Gasteiger partial charge < -0.3 is 19.7 Å².